The van der Waals surface area contributed by atoms with Crippen LogP contribution in [0.1, 0.15) is 5.56 Å². The first-order valence-corrected chi connectivity index (χ1v) is 3.77. The van der Waals surface area contributed by atoms with Gasteiger partial charge in [0, 0.05) is 5.56 Å². The SMILES string of the molecule is COc1ccc(O)c(C=CC=O)c1. The van der Waals surface area contributed by atoms with Crippen molar-refractivity contribution in [3.05, 3.63) is 29.8 Å². The van der Waals surface area contributed by atoms with Gasteiger partial charge in [-0.25, -0.2) is 0 Å². The Morgan fingerprint density at radius 1 is 1.46 bits per heavy atom. The largest absolute Gasteiger partial charge is 0.507 e. The number of aromatic hydroxyl groups is 1. The topological polar surface area (TPSA) is 46.5 Å². The molecule has 0 amide bonds. The minimum Gasteiger partial charge on any atom is -0.507 e. The molecule has 0 radical (unpaired) electrons. The Labute approximate surface area is 76.3 Å². The van der Waals surface area contributed by atoms with Crippen LogP contribution in [0.15, 0.2) is 24.3 Å². The van der Waals surface area contributed by atoms with Crippen LogP contribution < -0.4 is 4.74 Å². The van der Waals surface area contributed by atoms with Crippen LogP contribution in [0.2, 0.25) is 0 Å². The van der Waals surface area contributed by atoms with E-state index in [4.69, 9.17) is 4.74 Å². The summed E-state index contributed by atoms with van der Waals surface area (Å²) >= 11 is 0. The Morgan fingerprint density at radius 2 is 2.23 bits per heavy atom. The van der Waals surface area contributed by atoms with Gasteiger partial charge in [-0.3, -0.25) is 4.79 Å². The summed E-state index contributed by atoms with van der Waals surface area (Å²) in [5.74, 6) is 0.766. The number of benzene rings is 1. The van der Waals surface area contributed by atoms with Gasteiger partial charge in [0.15, 0.2) is 0 Å². The molecular weight excluding hydrogens is 168 g/mol. The van der Waals surface area contributed by atoms with Crippen molar-refractivity contribution in [2.24, 2.45) is 0 Å². The lowest BCUT2D eigenvalue weighted by Crippen LogP contribution is -1.83. The monoisotopic (exact) mass is 178 g/mol. The first-order valence-electron chi connectivity index (χ1n) is 3.77. The highest BCUT2D eigenvalue weighted by Crippen LogP contribution is 2.23. The van der Waals surface area contributed by atoms with E-state index in [0.29, 0.717) is 17.6 Å². The molecule has 0 heterocycles. The number of hydrogen-bond acceptors (Lipinski definition) is 3. The zero-order valence-corrected chi connectivity index (χ0v) is 7.23. The molecule has 1 rings (SSSR count). The fourth-order valence-corrected chi connectivity index (χ4v) is 0.936. The molecular formula is C10H10O3. The number of phenols is 1. The molecule has 0 aliphatic rings. The number of phenolic OH excluding ortho intramolecular Hbond substituents is 1. The van der Waals surface area contributed by atoms with Crippen molar-refractivity contribution in [1.29, 1.82) is 0 Å². The van der Waals surface area contributed by atoms with Gasteiger partial charge in [0.1, 0.15) is 17.8 Å². The molecule has 0 bridgehead atoms. The number of carbonyl (C=O) groups is 1. The molecule has 68 valence electrons. The van der Waals surface area contributed by atoms with Crippen molar-refractivity contribution in [1.82, 2.24) is 0 Å². The zero-order chi connectivity index (χ0) is 9.68. The Morgan fingerprint density at radius 3 is 2.85 bits per heavy atom. The van der Waals surface area contributed by atoms with Crippen molar-refractivity contribution in [2.45, 2.75) is 0 Å². The third kappa shape index (κ3) is 2.33. The van der Waals surface area contributed by atoms with Gasteiger partial charge >= 0.3 is 0 Å². The van der Waals surface area contributed by atoms with E-state index >= 15 is 0 Å². The molecule has 0 aromatic heterocycles. The minimum absolute atomic E-state index is 0.124. The molecule has 0 atom stereocenters. The zero-order valence-electron chi connectivity index (χ0n) is 7.23. The van der Waals surface area contributed by atoms with Crippen LogP contribution in [0.4, 0.5) is 0 Å². The molecule has 0 saturated carbocycles. The first-order chi connectivity index (χ1) is 6.27. The number of ether oxygens (including phenoxy) is 1. The van der Waals surface area contributed by atoms with Crippen LogP contribution in [-0.2, 0) is 4.79 Å². The van der Waals surface area contributed by atoms with Gasteiger partial charge in [0.2, 0.25) is 0 Å². The molecule has 3 nitrogen and oxygen atoms in total. The van der Waals surface area contributed by atoms with E-state index in [1.165, 1.54) is 18.2 Å². The molecule has 0 aliphatic carbocycles. The second kappa shape index (κ2) is 4.30. The van der Waals surface area contributed by atoms with E-state index in [9.17, 15) is 9.90 Å². The predicted molar refractivity (Wildman–Crippen MR) is 49.8 cm³/mol. The Kier molecular flexibility index (Phi) is 3.09. The molecule has 0 fully saturated rings. The first kappa shape index (κ1) is 9.32. The summed E-state index contributed by atoms with van der Waals surface area (Å²) < 4.78 is 4.96. The van der Waals surface area contributed by atoms with Crippen LogP contribution in [0.25, 0.3) is 6.08 Å². The van der Waals surface area contributed by atoms with E-state index in [2.05, 4.69) is 0 Å². The predicted octanol–water partition coefficient (Wildman–Crippen LogP) is 1.61. The average molecular weight is 178 g/mol. The van der Waals surface area contributed by atoms with Crippen molar-refractivity contribution in [3.63, 3.8) is 0 Å². The van der Waals surface area contributed by atoms with Crippen LogP contribution in [-0.4, -0.2) is 18.5 Å². The van der Waals surface area contributed by atoms with E-state index in [0.717, 1.165) is 0 Å². The van der Waals surface area contributed by atoms with Gasteiger partial charge in [-0.1, -0.05) is 0 Å². The Bertz CT molecular complexity index is 329. The average Bonchev–Trinajstić information content (AvgIpc) is 2.17. The summed E-state index contributed by atoms with van der Waals surface area (Å²) in [6, 6.07) is 4.81. The molecule has 0 saturated heterocycles. The Balaban J connectivity index is 3.03. The number of hydrogen-bond donors (Lipinski definition) is 1. The lowest BCUT2D eigenvalue weighted by atomic mass is 10.2. The fourth-order valence-electron chi connectivity index (χ4n) is 0.936. The molecule has 1 N–H and O–H groups in total. The highest BCUT2D eigenvalue weighted by atomic mass is 16.5. The summed E-state index contributed by atoms with van der Waals surface area (Å²) in [7, 11) is 1.54. The molecule has 3 heteroatoms. The highest BCUT2D eigenvalue weighted by Gasteiger charge is 1.98. The van der Waals surface area contributed by atoms with Crippen molar-refractivity contribution < 1.29 is 14.6 Å². The van der Waals surface area contributed by atoms with Crippen molar-refractivity contribution in [3.8, 4) is 11.5 Å². The summed E-state index contributed by atoms with van der Waals surface area (Å²) in [5.41, 5.74) is 0.562. The van der Waals surface area contributed by atoms with Gasteiger partial charge in [0.25, 0.3) is 0 Å². The highest BCUT2D eigenvalue weighted by molar-refractivity contribution is 5.75. The van der Waals surface area contributed by atoms with Crippen LogP contribution in [0.3, 0.4) is 0 Å². The number of methoxy groups -OCH3 is 1. The molecule has 0 aliphatic heterocycles. The van der Waals surface area contributed by atoms with E-state index in [-0.39, 0.29) is 5.75 Å². The number of allylic oxidation sites excluding steroid dienone is 1. The molecule has 13 heavy (non-hydrogen) atoms. The number of carbonyl (C=O) groups excluding carboxylic acids is 1. The maximum Gasteiger partial charge on any atom is 0.142 e. The third-order valence-corrected chi connectivity index (χ3v) is 1.59. The summed E-state index contributed by atoms with van der Waals surface area (Å²) in [6.07, 6.45) is 3.48. The standard InChI is InChI=1S/C10H10O3/c1-13-9-4-5-10(12)8(7-9)3-2-6-11/h2-7,12H,1H3. The number of aldehydes is 1. The summed E-state index contributed by atoms with van der Waals surface area (Å²) in [5, 5.41) is 9.33. The normalized spacial score (nSPS) is 10.2. The maximum atomic E-state index is 10.0. The van der Waals surface area contributed by atoms with Gasteiger partial charge in [-0.15, -0.1) is 0 Å². The molecule has 0 spiro atoms. The second-order valence-electron chi connectivity index (χ2n) is 2.42. The van der Waals surface area contributed by atoms with Crippen LogP contribution in [0, 0.1) is 0 Å². The van der Waals surface area contributed by atoms with Crippen LogP contribution >= 0.6 is 0 Å². The summed E-state index contributed by atoms with van der Waals surface area (Å²) in [6.45, 7) is 0. The number of rotatable bonds is 3. The summed E-state index contributed by atoms with van der Waals surface area (Å²) in [4.78, 5) is 10.0. The van der Waals surface area contributed by atoms with Crippen LogP contribution in [0.5, 0.6) is 11.5 Å². The van der Waals surface area contributed by atoms with E-state index in [1.54, 1.807) is 19.2 Å². The van der Waals surface area contributed by atoms with Gasteiger partial charge < -0.3 is 9.84 Å². The Hall–Kier alpha value is -1.77. The van der Waals surface area contributed by atoms with Crippen molar-refractivity contribution in [2.75, 3.05) is 7.11 Å². The lowest BCUT2D eigenvalue weighted by molar-refractivity contribution is -0.104. The van der Waals surface area contributed by atoms with Crippen molar-refractivity contribution >= 4 is 12.4 Å². The van der Waals surface area contributed by atoms with Gasteiger partial charge in [-0.2, -0.15) is 0 Å². The fraction of sp³-hybridized carbons (Fsp3) is 0.100. The van der Waals surface area contributed by atoms with E-state index in [1.807, 2.05) is 0 Å². The smallest absolute Gasteiger partial charge is 0.142 e. The molecule has 1 aromatic carbocycles. The molecule has 0 unspecified atom stereocenters. The third-order valence-electron chi connectivity index (χ3n) is 1.59. The molecule has 1 aromatic rings. The quantitative estimate of drug-likeness (QED) is 0.565. The van der Waals surface area contributed by atoms with Gasteiger partial charge in [0.05, 0.1) is 7.11 Å². The van der Waals surface area contributed by atoms with Gasteiger partial charge in [-0.05, 0) is 30.4 Å². The van der Waals surface area contributed by atoms with E-state index < -0.39 is 0 Å². The maximum absolute atomic E-state index is 10.0. The minimum atomic E-state index is 0.124. The lowest BCUT2D eigenvalue weighted by Gasteiger charge is -2.02. The second-order valence-corrected chi connectivity index (χ2v) is 2.42.